The van der Waals surface area contributed by atoms with Crippen LogP contribution in [0.1, 0.15) is 12.5 Å². The zero-order valence-electron chi connectivity index (χ0n) is 9.80. The molecule has 92 valence electrons. The molecule has 2 rings (SSSR count). The molecule has 6 nitrogen and oxygen atoms in total. The average molecular weight is 237 g/mol. The van der Waals surface area contributed by atoms with E-state index in [2.05, 4.69) is 15.3 Å². The van der Waals surface area contributed by atoms with Crippen molar-refractivity contribution in [3.8, 4) is 0 Å². The minimum absolute atomic E-state index is 0.200. The summed E-state index contributed by atoms with van der Waals surface area (Å²) in [6.45, 7) is 4.10. The van der Waals surface area contributed by atoms with E-state index in [1.807, 2.05) is 6.92 Å². The van der Waals surface area contributed by atoms with Crippen molar-refractivity contribution in [3.63, 3.8) is 0 Å². The molecule has 0 saturated carbocycles. The van der Waals surface area contributed by atoms with Crippen molar-refractivity contribution < 1.29 is 14.6 Å². The number of ether oxygens (including phenoxy) is 1. The molecule has 2 unspecified atom stereocenters. The lowest BCUT2D eigenvalue weighted by Crippen LogP contribution is -2.43. The van der Waals surface area contributed by atoms with Crippen LogP contribution in [0.15, 0.2) is 12.4 Å². The molecule has 2 atom stereocenters. The van der Waals surface area contributed by atoms with Crippen molar-refractivity contribution in [2.75, 3.05) is 18.5 Å². The number of aryl methyl sites for hydroxylation is 1. The van der Waals surface area contributed by atoms with Gasteiger partial charge >= 0.3 is 5.97 Å². The van der Waals surface area contributed by atoms with Crippen molar-refractivity contribution in [1.82, 2.24) is 9.97 Å². The van der Waals surface area contributed by atoms with E-state index >= 15 is 0 Å². The SMILES string of the molecule is Cc1cnc(NC2COCC2(C)C(=O)O)nc1. The summed E-state index contributed by atoms with van der Waals surface area (Å²) in [5.74, 6) is -0.446. The van der Waals surface area contributed by atoms with Gasteiger partial charge in [-0.2, -0.15) is 0 Å². The maximum atomic E-state index is 11.2. The Balaban J connectivity index is 2.13. The second kappa shape index (κ2) is 4.29. The molecule has 6 heteroatoms. The summed E-state index contributed by atoms with van der Waals surface area (Å²) < 4.78 is 5.23. The summed E-state index contributed by atoms with van der Waals surface area (Å²) in [7, 11) is 0. The molecule has 1 aromatic rings. The quantitative estimate of drug-likeness (QED) is 0.804. The summed E-state index contributed by atoms with van der Waals surface area (Å²) in [5, 5.41) is 12.2. The fourth-order valence-corrected chi connectivity index (χ4v) is 1.71. The van der Waals surface area contributed by atoms with Crippen LogP contribution in [0, 0.1) is 12.3 Å². The molecule has 0 bridgehead atoms. The number of hydrogen-bond donors (Lipinski definition) is 2. The second-order valence-electron chi connectivity index (χ2n) is 4.52. The number of anilines is 1. The molecule has 2 heterocycles. The predicted octanol–water partition coefficient (Wildman–Crippen LogP) is 0.687. The van der Waals surface area contributed by atoms with Crippen molar-refractivity contribution in [2.45, 2.75) is 19.9 Å². The lowest BCUT2D eigenvalue weighted by atomic mass is 9.85. The van der Waals surface area contributed by atoms with Gasteiger partial charge in [-0.15, -0.1) is 0 Å². The number of carboxylic acid groups (broad SMARTS) is 1. The molecule has 1 saturated heterocycles. The van der Waals surface area contributed by atoms with E-state index in [1.54, 1.807) is 19.3 Å². The van der Waals surface area contributed by atoms with Gasteiger partial charge in [-0.25, -0.2) is 9.97 Å². The fourth-order valence-electron chi connectivity index (χ4n) is 1.71. The number of aliphatic carboxylic acids is 1. The third-order valence-corrected chi connectivity index (χ3v) is 3.03. The van der Waals surface area contributed by atoms with E-state index in [0.29, 0.717) is 12.6 Å². The van der Waals surface area contributed by atoms with Gasteiger partial charge in [-0.1, -0.05) is 0 Å². The minimum Gasteiger partial charge on any atom is -0.481 e. The molecule has 0 spiro atoms. The maximum Gasteiger partial charge on any atom is 0.313 e. The highest BCUT2D eigenvalue weighted by molar-refractivity contribution is 5.76. The van der Waals surface area contributed by atoms with Gasteiger partial charge in [-0.05, 0) is 19.4 Å². The number of nitrogens with zero attached hydrogens (tertiary/aromatic N) is 2. The van der Waals surface area contributed by atoms with Crippen LogP contribution in [0.25, 0.3) is 0 Å². The third-order valence-electron chi connectivity index (χ3n) is 3.03. The third kappa shape index (κ3) is 2.21. The molecule has 0 aromatic carbocycles. The Bertz CT molecular complexity index is 420. The molecule has 1 fully saturated rings. The van der Waals surface area contributed by atoms with Crippen LogP contribution in [0.2, 0.25) is 0 Å². The Morgan fingerprint density at radius 1 is 1.59 bits per heavy atom. The van der Waals surface area contributed by atoms with Crippen molar-refractivity contribution in [1.29, 1.82) is 0 Å². The first-order valence-corrected chi connectivity index (χ1v) is 5.39. The topological polar surface area (TPSA) is 84.3 Å². The molecular formula is C11H15N3O3. The largest absolute Gasteiger partial charge is 0.481 e. The Labute approximate surface area is 99.0 Å². The van der Waals surface area contributed by atoms with Gasteiger partial charge in [0.05, 0.1) is 19.3 Å². The molecule has 17 heavy (non-hydrogen) atoms. The van der Waals surface area contributed by atoms with Crippen LogP contribution in [0.5, 0.6) is 0 Å². The first kappa shape index (κ1) is 11.8. The van der Waals surface area contributed by atoms with Crippen LogP contribution >= 0.6 is 0 Å². The van der Waals surface area contributed by atoms with E-state index in [-0.39, 0.29) is 12.6 Å². The average Bonchev–Trinajstić information content (AvgIpc) is 2.65. The van der Waals surface area contributed by atoms with Gasteiger partial charge in [0.15, 0.2) is 0 Å². The van der Waals surface area contributed by atoms with E-state index in [0.717, 1.165) is 5.56 Å². The zero-order chi connectivity index (χ0) is 12.5. The van der Waals surface area contributed by atoms with E-state index < -0.39 is 11.4 Å². The lowest BCUT2D eigenvalue weighted by molar-refractivity contribution is -0.148. The van der Waals surface area contributed by atoms with Gasteiger partial charge in [0.25, 0.3) is 0 Å². The summed E-state index contributed by atoms with van der Waals surface area (Å²) in [5.41, 5.74) is 0.0213. The summed E-state index contributed by atoms with van der Waals surface area (Å²) in [6.07, 6.45) is 3.37. The van der Waals surface area contributed by atoms with Gasteiger partial charge < -0.3 is 15.2 Å². The molecule has 0 amide bonds. The highest BCUT2D eigenvalue weighted by Crippen LogP contribution is 2.30. The monoisotopic (exact) mass is 237 g/mol. The minimum atomic E-state index is -0.936. The van der Waals surface area contributed by atoms with Crippen molar-refractivity contribution in [2.24, 2.45) is 5.41 Å². The van der Waals surface area contributed by atoms with E-state index in [9.17, 15) is 9.90 Å². The second-order valence-corrected chi connectivity index (χ2v) is 4.52. The number of carboxylic acids is 1. The molecule has 0 radical (unpaired) electrons. The van der Waals surface area contributed by atoms with Gasteiger partial charge in [0.1, 0.15) is 5.41 Å². The Morgan fingerprint density at radius 3 is 2.82 bits per heavy atom. The number of rotatable bonds is 3. The van der Waals surface area contributed by atoms with E-state index in [4.69, 9.17) is 4.74 Å². The van der Waals surface area contributed by atoms with E-state index in [1.165, 1.54) is 0 Å². The van der Waals surface area contributed by atoms with Gasteiger partial charge in [0, 0.05) is 12.4 Å². The van der Waals surface area contributed by atoms with Crippen LogP contribution in [0.3, 0.4) is 0 Å². The summed E-state index contributed by atoms with van der Waals surface area (Å²) in [4.78, 5) is 19.4. The molecule has 1 aliphatic rings. The van der Waals surface area contributed by atoms with Crippen LogP contribution in [-0.4, -0.2) is 40.3 Å². The zero-order valence-corrected chi connectivity index (χ0v) is 9.80. The molecular weight excluding hydrogens is 222 g/mol. The first-order chi connectivity index (χ1) is 8.02. The first-order valence-electron chi connectivity index (χ1n) is 5.39. The molecule has 2 N–H and O–H groups in total. The highest BCUT2D eigenvalue weighted by Gasteiger charge is 2.47. The number of nitrogens with one attached hydrogen (secondary N) is 1. The van der Waals surface area contributed by atoms with Crippen LogP contribution < -0.4 is 5.32 Å². The number of carbonyl (C=O) groups is 1. The Hall–Kier alpha value is -1.69. The number of hydrogen-bond acceptors (Lipinski definition) is 5. The Morgan fingerprint density at radius 2 is 2.24 bits per heavy atom. The standard InChI is InChI=1S/C11H15N3O3/c1-7-3-12-10(13-4-7)14-8-5-17-6-11(8,2)9(15)16/h3-4,8H,5-6H2,1-2H3,(H,15,16)(H,12,13,14). The molecule has 1 aromatic heterocycles. The van der Waals surface area contributed by atoms with Crippen molar-refractivity contribution in [3.05, 3.63) is 18.0 Å². The van der Waals surface area contributed by atoms with Crippen LogP contribution in [0.4, 0.5) is 5.95 Å². The highest BCUT2D eigenvalue weighted by atomic mass is 16.5. The normalized spacial score (nSPS) is 28.0. The van der Waals surface area contributed by atoms with Crippen LogP contribution in [-0.2, 0) is 9.53 Å². The maximum absolute atomic E-state index is 11.2. The molecule has 1 aliphatic heterocycles. The summed E-state index contributed by atoms with van der Waals surface area (Å²) >= 11 is 0. The summed E-state index contributed by atoms with van der Waals surface area (Å²) in [6, 6.07) is -0.317. The Kier molecular flexibility index (Phi) is 2.97. The smallest absolute Gasteiger partial charge is 0.313 e. The number of aromatic nitrogens is 2. The van der Waals surface area contributed by atoms with Gasteiger partial charge in [-0.3, -0.25) is 4.79 Å². The molecule has 0 aliphatic carbocycles. The van der Waals surface area contributed by atoms with Gasteiger partial charge in [0.2, 0.25) is 5.95 Å². The lowest BCUT2D eigenvalue weighted by Gasteiger charge is -2.25. The predicted molar refractivity (Wildman–Crippen MR) is 60.7 cm³/mol. The fraction of sp³-hybridized carbons (Fsp3) is 0.545. The van der Waals surface area contributed by atoms with Crippen molar-refractivity contribution >= 4 is 11.9 Å².